The Kier molecular flexibility index (Phi) is 12.0. The molecule has 3 amide bonds. The molecule has 1 saturated heterocycles. The third-order valence-electron chi connectivity index (χ3n) is 7.20. The Hall–Kier alpha value is -4.72. The fourth-order valence-electron chi connectivity index (χ4n) is 4.61. The molecule has 42 heavy (non-hydrogen) atoms. The van der Waals surface area contributed by atoms with E-state index >= 15 is 0 Å². The fraction of sp³-hybridized carbons (Fsp3) is 0.312. The smallest absolute Gasteiger partial charge is 0.246 e. The number of nitriles is 1. The van der Waals surface area contributed by atoms with Crippen LogP contribution in [0.25, 0.3) is 0 Å². The molecule has 1 heterocycles. The summed E-state index contributed by atoms with van der Waals surface area (Å²) in [5.41, 5.74) is 2.97. The molecule has 10 heteroatoms. The molecule has 0 bridgehead atoms. The number of likely N-dealkylation sites (N-methyl/N-ethyl adjacent to an activating group) is 1. The molecule has 3 aromatic rings. The van der Waals surface area contributed by atoms with E-state index in [2.05, 4.69) is 11.4 Å². The van der Waals surface area contributed by atoms with Crippen LogP contribution < -0.4 is 5.32 Å². The van der Waals surface area contributed by atoms with Gasteiger partial charge in [0.2, 0.25) is 18.2 Å². The van der Waals surface area contributed by atoms with Gasteiger partial charge in [-0.05, 0) is 35.7 Å². The van der Waals surface area contributed by atoms with Gasteiger partial charge < -0.3 is 20.2 Å². The quantitative estimate of drug-likeness (QED) is 0.284. The summed E-state index contributed by atoms with van der Waals surface area (Å²) < 4.78 is 0. The molecule has 1 fully saturated rings. The first-order valence-corrected chi connectivity index (χ1v) is 13.7. The molecule has 220 valence electrons. The standard InChI is InChI=1S/C24H29N5O3.C8H9NO/c1-18(20-7-5-4-6-8-20)27(3)24(32)22(15-19-9-11-21(30)12-10-19)29-17-26(2)28(14-13-25)16-23(29)31;10-7-9-6-8-4-2-1-3-5-8/h4-12,18,22,30H,14-17H2,1-3H3;1-5,7H,6H2,(H,9,10)/t18-,22?;/m1./s1. The Labute approximate surface area is 247 Å². The summed E-state index contributed by atoms with van der Waals surface area (Å²) in [6.45, 7) is 2.94. The van der Waals surface area contributed by atoms with E-state index in [0.29, 0.717) is 19.4 Å². The van der Waals surface area contributed by atoms with Crippen molar-refractivity contribution < 1.29 is 19.5 Å². The number of hydrazine groups is 1. The summed E-state index contributed by atoms with van der Waals surface area (Å²) >= 11 is 0. The van der Waals surface area contributed by atoms with Gasteiger partial charge in [-0.3, -0.25) is 14.4 Å². The number of phenols is 1. The Morgan fingerprint density at radius 1 is 1.05 bits per heavy atom. The molecule has 2 N–H and O–H groups in total. The lowest BCUT2D eigenvalue weighted by Crippen LogP contribution is -2.63. The summed E-state index contributed by atoms with van der Waals surface area (Å²) in [6, 6.07) is 27.4. The predicted molar refractivity (Wildman–Crippen MR) is 159 cm³/mol. The molecule has 4 rings (SSSR count). The largest absolute Gasteiger partial charge is 0.508 e. The van der Waals surface area contributed by atoms with Crippen molar-refractivity contribution in [2.75, 3.05) is 33.9 Å². The molecule has 0 aromatic heterocycles. The minimum Gasteiger partial charge on any atom is -0.508 e. The van der Waals surface area contributed by atoms with E-state index in [1.807, 2.05) is 67.6 Å². The molecule has 3 aromatic carbocycles. The lowest BCUT2D eigenvalue weighted by Gasteiger charge is -2.44. The second-order valence-corrected chi connectivity index (χ2v) is 10.0. The van der Waals surface area contributed by atoms with Gasteiger partial charge in [-0.15, -0.1) is 0 Å². The summed E-state index contributed by atoms with van der Waals surface area (Å²) in [6.07, 6.45) is 1.02. The Morgan fingerprint density at radius 3 is 2.26 bits per heavy atom. The van der Waals surface area contributed by atoms with E-state index in [9.17, 15) is 19.5 Å². The second-order valence-electron chi connectivity index (χ2n) is 10.0. The van der Waals surface area contributed by atoms with Gasteiger partial charge in [0.15, 0.2) is 0 Å². The van der Waals surface area contributed by atoms with Crippen LogP contribution in [0.1, 0.15) is 29.7 Å². The predicted octanol–water partition coefficient (Wildman–Crippen LogP) is 2.93. The van der Waals surface area contributed by atoms with Crippen molar-refractivity contribution in [3.8, 4) is 11.8 Å². The van der Waals surface area contributed by atoms with E-state index in [-0.39, 0.29) is 43.4 Å². The number of nitrogens with zero attached hydrogens (tertiary/aromatic N) is 5. The lowest BCUT2D eigenvalue weighted by atomic mass is 10.0. The second kappa shape index (κ2) is 15.9. The maximum absolute atomic E-state index is 13.7. The van der Waals surface area contributed by atoms with E-state index in [0.717, 1.165) is 16.7 Å². The number of hydrogen-bond acceptors (Lipinski definition) is 7. The first-order valence-electron chi connectivity index (χ1n) is 13.7. The number of benzene rings is 3. The summed E-state index contributed by atoms with van der Waals surface area (Å²) in [5.74, 6) is -0.214. The zero-order valence-corrected chi connectivity index (χ0v) is 24.3. The third-order valence-corrected chi connectivity index (χ3v) is 7.20. The molecule has 2 atom stereocenters. The van der Waals surface area contributed by atoms with E-state index in [1.165, 1.54) is 0 Å². The first kappa shape index (κ1) is 31.8. The Balaban J connectivity index is 0.000000408. The highest BCUT2D eigenvalue weighted by atomic mass is 16.3. The van der Waals surface area contributed by atoms with E-state index < -0.39 is 6.04 Å². The maximum atomic E-state index is 13.7. The van der Waals surface area contributed by atoms with Crippen molar-refractivity contribution in [1.82, 2.24) is 25.1 Å². The minimum atomic E-state index is -0.713. The van der Waals surface area contributed by atoms with E-state index in [1.54, 1.807) is 58.2 Å². The number of carbonyl (C=O) groups is 3. The van der Waals surface area contributed by atoms with Gasteiger partial charge in [0.05, 0.1) is 25.3 Å². The molecule has 1 aliphatic rings. The van der Waals surface area contributed by atoms with Crippen LogP contribution in [0.3, 0.4) is 0 Å². The third kappa shape index (κ3) is 8.89. The highest BCUT2D eigenvalue weighted by molar-refractivity contribution is 5.89. The van der Waals surface area contributed by atoms with Gasteiger partial charge in [0.25, 0.3) is 0 Å². The molecule has 1 aliphatic heterocycles. The monoisotopic (exact) mass is 570 g/mol. The zero-order chi connectivity index (χ0) is 30.5. The number of hydrogen-bond donors (Lipinski definition) is 2. The molecular weight excluding hydrogens is 532 g/mol. The molecule has 0 aliphatic carbocycles. The molecule has 10 nitrogen and oxygen atoms in total. The van der Waals surface area contributed by atoms with Crippen LogP contribution in [0, 0.1) is 11.3 Å². The summed E-state index contributed by atoms with van der Waals surface area (Å²) in [5, 5.41) is 24.7. The van der Waals surface area contributed by atoms with Gasteiger partial charge >= 0.3 is 0 Å². The molecule has 1 unspecified atom stereocenters. The van der Waals surface area contributed by atoms with Gasteiger partial charge in [-0.2, -0.15) is 5.26 Å². The number of carbonyl (C=O) groups excluding carboxylic acids is 3. The zero-order valence-electron chi connectivity index (χ0n) is 24.3. The topological polar surface area (TPSA) is 120 Å². The number of amides is 3. The van der Waals surface area contributed by atoms with Crippen molar-refractivity contribution in [3.63, 3.8) is 0 Å². The van der Waals surface area contributed by atoms with Crippen LogP contribution in [0.5, 0.6) is 5.75 Å². The number of nitrogens with one attached hydrogen (secondary N) is 1. The lowest BCUT2D eigenvalue weighted by molar-refractivity contribution is -0.166. The molecule has 0 spiro atoms. The van der Waals surface area contributed by atoms with Crippen molar-refractivity contribution in [3.05, 3.63) is 102 Å². The Bertz CT molecular complexity index is 1330. The summed E-state index contributed by atoms with van der Waals surface area (Å²) in [7, 11) is 3.55. The van der Waals surface area contributed by atoms with Crippen LogP contribution in [-0.2, 0) is 27.3 Å². The van der Waals surface area contributed by atoms with Gasteiger partial charge in [-0.1, -0.05) is 72.8 Å². The number of phenolic OH excluding ortho intramolecular Hbond substituents is 1. The highest BCUT2D eigenvalue weighted by Gasteiger charge is 2.38. The van der Waals surface area contributed by atoms with Crippen LogP contribution in [0.15, 0.2) is 84.9 Å². The minimum absolute atomic E-state index is 0.0430. The SMILES string of the molecule is C[C@H](c1ccccc1)N(C)C(=O)C(Cc1ccc(O)cc1)N1CN(C)N(CC#N)CC1=O.O=CNCc1ccccc1. The van der Waals surface area contributed by atoms with Crippen LogP contribution in [0.2, 0.25) is 0 Å². The van der Waals surface area contributed by atoms with Crippen molar-refractivity contribution in [2.45, 2.75) is 32.0 Å². The van der Waals surface area contributed by atoms with Crippen LogP contribution in [-0.4, -0.2) is 83.0 Å². The molecule has 0 radical (unpaired) electrons. The molecular formula is C32H38N6O4. The molecule has 0 saturated carbocycles. The average Bonchev–Trinajstić information content (AvgIpc) is 3.02. The van der Waals surface area contributed by atoms with Crippen molar-refractivity contribution >= 4 is 18.2 Å². The highest BCUT2D eigenvalue weighted by Crippen LogP contribution is 2.23. The van der Waals surface area contributed by atoms with Crippen molar-refractivity contribution in [1.29, 1.82) is 5.26 Å². The van der Waals surface area contributed by atoms with Gasteiger partial charge in [-0.25, -0.2) is 10.0 Å². The normalized spacial score (nSPS) is 15.0. The van der Waals surface area contributed by atoms with Gasteiger partial charge in [0.1, 0.15) is 18.3 Å². The average molecular weight is 571 g/mol. The van der Waals surface area contributed by atoms with E-state index in [4.69, 9.17) is 5.26 Å². The van der Waals surface area contributed by atoms with Crippen molar-refractivity contribution in [2.24, 2.45) is 0 Å². The number of rotatable bonds is 10. The number of aromatic hydroxyl groups is 1. The van der Waals surface area contributed by atoms with Crippen LogP contribution in [0.4, 0.5) is 0 Å². The maximum Gasteiger partial charge on any atom is 0.246 e. The first-order chi connectivity index (χ1) is 20.2. The summed E-state index contributed by atoms with van der Waals surface area (Å²) in [4.78, 5) is 39.8. The Morgan fingerprint density at radius 2 is 1.67 bits per heavy atom. The van der Waals surface area contributed by atoms with Gasteiger partial charge in [0, 0.05) is 27.1 Å². The fourth-order valence-corrected chi connectivity index (χ4v) is 4.61. The van der Waals surface area contributed by atoms with Crippen LogP contribution >= 0.6 is 0 Å².